The fourth-order valence-electron chi connectivity index (χ4n) is 3.50. The predicted molar refractivity (Wildman–Crippen MR) is 107 cm³/mol. The predicted octanol–water partition coefficient (Wildman–Crippen LogP) is 3.22. The first kappa shape index (κ1) is 19.6. The molecule has 7 nitrogen and oxygen atoms in total. The highest BCUT2D eigenvalue weighted by molar-refractivity contribution is 6.09. The third kappa shape index (κ3) is 3.41. The van der Waals surface area contributed by atoms with Crippen molar-refractivity contribution in [1.29, 1.82) is 0 Å². The van der Waals surface area contributed by atoms with E-state index in [0.717, 1.165) is 10.3 Å². The van der Waals surface area contributed by atoms with Gasteiger partial charge in [0, 0.05) is 5.39 Å². The van der Waals surface area contributed by atoms with Crippen LogP contribution in [0, 0.1) is 5.82 Å². The first-order valence-electron chi connectivity index (χ1n) is 9.46. The number of rotatable bonds is 5. The van der Waals surface area contributed by atoms with Gasteiger partial charge in [0.1, 0.15) is 23.7 Å². The highest BCUT2D eigenvalue weighted by Gasteiger charge is 2.51. The summed E-state index contributed by atoms with van der Waals surface area (Å²) in [5.41, 5.74) is -0.104. The van der Waals surface area contributed by atoms with E-state index in [1.165, 1.54) is 12.1 Å². The van der Waals surface area contributed by atoms with Crippen molar-refractivity contribution in [1.82, 2.24) is 15.5 Å². The molecule has 0 spiro atoms. The van der Waals surface area contributed by atoms with Crippen molar-refractivity contribution in [2.45, 2.75) is 25.4 Å². The number of urea groups is 1. The summed E-state index contributed by atoms with van der Waals surface area (Å²) in [6.45, 7) is 2.84. The van der Waals surface area contributed by atoms with Crippen LogP contribution in [-0.4, -0.2) is 29.3 Å². The second-order valence-electron chi connectivity index (χ2n) is 7.44. The second kappa shape index (κ2) is 7.29. The zero-order valence-corrected chi connectivity index (χ0v) is 16.4. The minimum Gasteiger partial charge on any atom is -0.458 e. The Hall–Kier alpha value is -3.68. The van der Waals surface area contributed by atoms with Crippen LogP contribution in [0.2, 0.25) is 0 Å². The molecule has 0 aliphatic carbocycles. The summed E-state index contributed by atoms with van der Waals surface area (Å²) in [5, 5.41) is 6.15. The van der Waals surface area contributed by atoms with Crippen molar-refractivity contribution >= 4 is 28.8 Å². The fourth-order valence-corrected chi connectivity index (χ4v) is 3.50. The number of benzene rings is 2. The summed E-state index contributed by atoms with van der Waals surface area (Å²) in [4.78, 5) is 38.8. The number of hydrogen-bond donors (Lipinski definition) is 2. The molecule has 1 aliphatic rings. The molecule has 3 aromatic rings. The molecule has 0 radical (unpaired) electrons. The lowest BCUT2D eigenvalue weighted by Crippen LogP contribution is -2.43. The highest BCUT2D eigenvalue weighted by atomic mass is 19.1. The van der Waals surface area contributed by atoms with Gasteiger partial charge in [-0.25, -0.2) is 9.18 Å². The van der Waals surface area contributed by atoms with E-state index in [1.807, 2.05) is 18.2 Å². The number of hydrogen-bond acceptors (Lipinski definition) is 4. The van der Waals surface area contributed by atoms with E-state index < -0.39 is 36.0 Å². The molecular weight excluding hydrogens is 389 g/mol. The van der Waals surface area contributed by atoms with Crippen LogP contribution in [0.15, 0.2) is 59.0 Å². The lowest BCUT2D eigenvalue weighted by molar-refractivity contribution is -0.135. The van der Waals surface area contributed by atoms with E-state index in [2.05, 4.69) is 10.6 Å². The Balaban J connectivity index is 1.48. The summed E-state index contributed by atoms with van der Waals surface area (Å²) in [5.74, 6) is -1.16. The molecule has 2 heterocycles. The maximum absolute atomic E-state index is 13.1. The normalized spacial score (nSPS) is 19.8. The number of furan rings is 1. The molecule has 1 saturated heterocycles. The van der Waals surface area contributed by atoms with Crippen molar-refractivity contribution in [3.8, 4) is 0 Å². The Labute approximate surface area is 171 Å². The third-order valence-electron chi connectivity index (χ3n) is 5.24. The standard InChI is InChI=1S/C22H20FN3O4/c1-13(14-7-9-16(23)10-8-14)24-19(27)12-26-20(28)22(2,25-21(26)29)18-11-15-5-3-4-6-17(15)30-18/h3-11,13H,12H2,1-2H3,(H,24,27)(H,25,29). The smallest absolute Gasteiger partial charge is 0.325 e. The quantitative estimate of drug-likeness (QED) is 0.633. The van der Waals surface area contributed by atoms with Crippen molar-refractivity contribution < 1.29 is 23.2 Å². The van der Waals surface area contributed by atoms with Crippen LogP contribution in [0.5, 0.6) is 0 Å². The summed E-state index contributed by atoms with van der Waals surface area (Å²) < 4.78 is 18.8. The fraction of sp³-hybridized carbons (Fsp3) is 0.227. The van der Waals surface area contributed by atoms with Crippen LogP contribution in [0.25, 0.3) is 11.0 Å². The van der Waals surface area contributed by atoms with Gasteiger partial charge in [-0.15, -0.1) is 0 Å². The van der Waals surface area contributed by atoms with Crippen molar-refractivity contribution in [3.05, 3.63) is 71.7 Å². The molecule has 1 fully saturated rings. The number of halogens is 1. The van der Waals surface area contributed by atoms with Crippen LogP contribution in [-0.2, 0) is 15.1 Å². The molecule has 0 bridgehead atoms. The van der Waals surface area contributed by atoms with Gasteiger partial charge < -0.3 is 15.1 Å². The Kier molecular flexibility index (Phi) is 4.77. The highest BCUT2D eigenvalue weighted by Crippen LogP contribution is 2.32. The monoisotopic (exact) mass is 409 g/mol. The number of nitrogens with one attached hydrogen (secondary N) is 2. The minimum absolute atomic E-state index is 0.296. The molecule has 2 N–H and O–H groups in total. The lowest BCUT2D eigenvalue weighted by atomic mass is 9.99. The Bertz CT molecular complexity index is 1110. The number of para-hydroxylation sites is 1. The minimum atomic E-state index is -1.40. The first-order valence-corrected chi connectivity index (χ1v) is 9.46. The topological polar surface area (TPSA) is 91.7 Å². The van der Waals surface area contributed by atoms with E-state index >= 15 is 0 Å². The molecule has 2 atom stereocenters. The zero-order valence-electron chi connectivity index (χ0n) is 16.4. The molecule has 30 heavy (non-hydrogen) atoms. The molecule has 154 valence electrons. The van der Waals surface area contributed by atoms with E-state index in [0.29, 0.717) is 16.9 Å². The SMILES string of the molecule is CC(NC(=O)CN1C(=O)NC(C)(c2cc3ccccc3o2)C1=O)c1ccc(F)cc1. The van der Waals surface area contributed by atoms with Crippen LogP contribution in [0.3, 0.4) is 0 Å². The van der Waals surface area contributed by atoms with Gasteiger partial charge in [-0.1, -0.05) is 30.3 Å². The first-order chi connectivity index (χ1) is 14.3. The maximum Gasteiger partial charge on any atom is 0.325 e. The summed E-state index contributed by atoms with van der Waals surface area (Å²) in [7, 11) is 0. The summed E-state index contributed by atoms with van der Waals surface area (Å²) in [6, 6.07) is 13.6. The van der Waals surface area contributed by atoms with Gasteiger partial charge in [-0.05, 0) is 43.7 Å². The zero-order chi connectivity index (χ0) is 21.5. The largest absolute Gasteiger partial charge is 0.458 e. The number of nitrogens with zero attached hydrogens (tertiary/aromatic N) is 1. The van der Waals surface area contributed by atoms with E-state index in [9.17, 15) is 18.8 Å². The average molecular weight is 409 g/mol. The molecule has 2 unspecified atom stereocenters. The summed E-state index contributed by atoms with van der Waals surface area (Å²) >= 11 is 0. The van der Waals surface area contributed by atoms with E-state index in [-0.39, 0.29) is 5.82 Å². The Morgan fingerprint density at radius 2 is 1.90 bits per heavy atom. The third-order valence-corrected chi connectivity index (χ3v) is 5.24. The van der Waals surface area contributed by atoms with Gasteiger partial charge in [-0.2, -0.15) is 0 Å². The van der Waals surface area contributed by atoms with Crippen molar-refractivity contribution in [2.24, 2.45) is 0 Å². The number of fused-ring (bicyclic) bond motifs is 1. The van der Waals surface area contributed by atoms with Gasteiger partial charge in [0.15, 0.2) is 5.54 Å². The molecule has 1 aromatic heterocycles. The number of carbonyl (C=O) groups excluding carboxylic acids is 3. The van der Waals surface area contributed by atoms with Crippen molar-refractivity contribution in [3.63, 3.8) is 0 Å². The number of imide groups is 1. The molecule has 4 amide bonds. The van der Waals surface area contributed by atoms with Gasteiger partial charge in [0.05, 0.1) is 6.04 Å². The van der Waals surface area contributed by atoms with Crippen LogP contribution in [0.4, 0.5) is 9.18 Å². The molecule has 0 saturated carbocycles. The van der Waals surface area contributed by atoms with Crippen molar-refractivity contribution in [2.75, 3.05) is 6.54 Å². The summed E-state index contributed by atoms with van der Waals surface area (Å²) in [6.07, 6.45) is 0. The number of carbonyl (C=O) groups is 3. The van der Waals surface area contributed by atoms with Gasteiger partial charge in [-0.3, -0.25) is 14.5 Å². The van der Waals surface area contributed by atoms with Gasteiger partial charge in [0.2, 0.25) is 5.91 Å². The lowest BCUT2D eigenvalue weighted by Gasteiger charge is -2.20. The van der Waals surface area contributed by atoms with E-state index in [1.54, 1.807) is 38.1 Å². The van der Waals surface area contributed by atoms with Gasteiger partial charge in [0.25, 0.3) is 5.91 Å². The molecular formula is C22H20FN3O4. The Morgan fingerprint density at radius 3 is 2.60 bits per heavy atom. The van der Waals surface area contributed by atoms with E-state index in [4.69, 9.17) is 4.42 Å². The average Bonchev–Trinajstić information content (AvgIpc) is 3.24. The molecule has 1 aliphatic heterocycles. The van der Waals surface area contributed by atoms with Crippen LogP contribution in [0.1, 0.15) is 31.2 Å². The molecule has 8 heteroatoms. The Morgan fingerprint density at radius 1 is 1.20 bits per heavy atom. The second-order valence-corrected chi connectivity index (χ2v) is 7.44. The molecule has 2 aromatic carbocycles. The maximum atomic E-state index is 13.1. The van der Waals surface area contributed by atoms with Crippen LogP contribution >= 0.6 is 0 Å². The van der Waals surface area contributed by atoms with Gasteiger partial charge >= 0.3 is 6.03 Å². The van der Waals surface area contributed by atoms with Crippen LogP contribution < -0.4 is 10.6 Å². The molecule has 4 rings (SSSR count). The number of amides is 4.